The van der Waals surface area contributed by atoms with Crippen molar-refractivity contribution in [2.75, 3.05) is 11.1 Å². The molecule has 1 atom stereocenters. The number of hydrogen-bond acceptors (Lipinski definition) is 6. The SMILES string of the molecule is CCSc1nnc(NC(=O)C(C)Oc2cccc(C)c2)s1. The van der Waals surface area contributed by atoms with E-state index < -0.39 is 6.10 Å². The lowest BCUT2D eigenvalue weighted by Gasteiger charge is -2.13. The normalized spacial score (nSPS) is 12.0. The third-order valence-corrected chi connectivity index (χ3v) is 4.43. The van der Waals surface area contributed by atoms with E-state index in [1.54, 1.807) is 18.7 Å². The molecule has 0 aliphatic rings. The Bertz CT molecular complexity index is 616. The molecular formula is C14H17N3O2S2. The molecule has 0 aliphatic heterocycles. The smallest absolute Gasteiger partial charge is 0.266 e. The van der Waals surface area contributed by atoms with E-state index in [1.165, 1.54) is 11.3 Å². The topological polar surface area (TPSA) is 64.1 Å². The van der Waals surface area contributed by atoms with Gasteiger partial charge in [0.1, 0.15) is 5.75 Å². The molecule has 2 aromatic rings. The van der Waals surface area contributed by atoms with Gasteiger partial charge < -0.3 is 4.74 Å². The van der Waals surface area contributed by atoms with Gasteiger partial charge in [0.05, 0.1) is 0 Å². The van der Waals surface area contributed by atoms with E-state index in [4.69, 9.17) is 4.74 Å². The molecule has 0 bridgehead atoms. The number of carbonyl (C=O) groups excluding carboxylic acids is 1. The van der Waals surface area contributed by atoms with Crippen molar-refractivity contribution in [2.24, 2.45) is 0 Å². The minimum atomic E-state index is -0.599. The monoisotopic (exact) mass is 323 g/mol. The number of carbonyl (C=O) groups is 1. The lowest BCUT2D eigenvalue weighted by Crippen LogP contribution is -2.30. The highest BCUT2D eigenvalue weighted by Gasteiger charge is 2.17. The third-order valence-electron chi connectivity index (χ3n) is 2.58. The number of rotatable bonds is 6. The van der Waals surface area contributed by atoms with Crippen molar-refractivity contribution in [3.8, 4) is 5.75 Å². The fourth-order valence-electron chi connectivity index (χ4n) is 1.60. The van der Waals surface area contributed by atoms with Crippen LogP contribution in [0.2, 0.25) is 0 Å². The quantitative estimate of drug-likeness (QED) is 0.652. The molecule has 0 saturated heterocycles. The van der Waals surface area contributed by atoms with Gasteiger partial charge in [0.25, 0.3) is 5.91 Å². The first-order valence-electron chi connectivity index (χ1n) is 6.59. The van der Waals surface area contributed by atoms with Crippen LogP contribution >= 0.6 is 23.1 Å². The zero-order valence-electron chi connectivity index (χ0n) is 12.1. The standard InChI is InChI=1S/C14H17N3O2S2/c1-4-20-14-17-16-13(21-14)15-12(18)10(3)19-11-7-5-6-9(2)8-11/h5-8,10H,4H2,1-3H3,(H,15,16,18). The number of hydrogen-bond donors (Lipinski definition) is 1. The van der Waals surface area contributed by atoms with Crippen LogP contribution in [0.1, 0.15) is 19.4 Å². The Morgan fingerprint density at radius 1 is 1.48 bits per heavy atom. The molecular weight excluding hydrogens is 306 g/mol. The van der Waals surface area contributed by atoms with Crippen LogP contribution < -0.4 is 10.1 Å². The van der Waals surface area contributed by atoms with Crippen LogP contribution in [0, 0.1) is 6.92 Å². The third kappa shape index (κ3) is 4.71. The van der Waals surface area contributed by atoms with Crippen LogP contribution in [0.4, 0.5) is 5.13 Å². The van der Waals surface area contributed by atoms with E-state index in [2.05, 4.69) is 15.5 Å². The second kappa shape index (κ2) is 7.42. The lowest BCUT2D eigenvalue weighted by molar-refractivity contribution is -0.122. The molecule has 7 heteroatoms. The van der Waals surface area contributed by atoms with Gasteiger partial charge in [-0.15, -0.1) is 10.2 Å². The van der Waals surface area contributed by atoms with Gasteiger partial charge in [-0.1, -0.05) is 42.2 Å². The average molecular weight is 323 g/mol. The first-order chi connectivity index (χ1) is 10.1. The first kappa shape index (κ1) is 15.8. The number of nitrogens with zero attached hydrogens (tertiary/aromatic N) is 2. The van der Waals surface area contributed by atoms with Crippen LogP contribution in [0.25, 0.3) is 0 Å². The molecule has 1 aromatic carbocycles. The van der Waals surface area contributed by atoms with Crippen molar-refractivity contribution in [3.05, 3.63) is 29.8 Å². The molecule has 1 heterocycles. The van der Waals surface area contributed by atoms with E-state index in [1.807, 2.05) is 38.1 Å². The van der Waals surface area contributed by atoms with Crippen molar-refractivity contribution in [1.82, 2.24) is 10.2 Å². The summed E-state index contributed by atoms with van der Waals surface area (Å²) in [5.74, 6) is 1.37. The number of nitrogens with one attached hydrogen (secondary N) is 1. The number of aromatic nitrogens is 2. The molecule has 2 rings (SSSR count). The molecule has 1 aromatic heterocycles. The van der Waals surface area contributed by atoms with Gasteiger partial charge in [-0.3, -0.25) is 10.1 Å². The Morgan fingerprint density at radius 3 is 3.00 bits per heavy atom. The van der Waals surface area contributed by atoms with Gasteiger partial charge in [-0.05, 0) is 37.3 Å². The van der Waals surface area contributed by atoms with E-state index in [0.29, 0.717) is 10.9 Å². The average Bonchev–Trinajstić information content (AvgIpc) is 2.86. The Balaban J connectivity index is 1.92. The van der Waals surface area contributed by atoms with Gasteiger partial charge in [0.2, 0.25) is 5.13 Å². The van der Waals surface area contributed by atoms with Gasteiger partial charge in [0, 0.05) is 0 Å². The summed E-state index contributed by atoms with van der Waals surface area (Å²) >= 11 is 2.96. The summed E-state index contributed by atoms with van der Waals surface area (Å²) in [4.78, 5) is 12.1. The first-order valence-corrected chi connectivity index (χ1v) is 8.39. The van der Waals surface area contributed by atoms with Gasteiger partial charge in [-0.25, -0.2) is 0 Å². The van der Waals surface area contributed by atoms with Gasteiger partial charge in [-0.2, -0.15) is 0 Å². The Morgan fingerprint density at radius 2 is 2.29 bits per heavy atom. The minimum Gasteiger partial charge on any atom is -0.481 e. The molecule has 0 fully saturated rings. The van der Waals surface area contributed by atoms with Crippen molar-refractivity contribution < 1.29 is 9.53 Å². The maximum absolute atomic E-state index is 12.1. The van der Waals surface area contributed by atoms with Crippen LogP contribution in [-0.2, 0) is 4.79 Å². The number of benzene rings is 1. The largest absolute Gasteiger partial charge is 0.481 e. The molecule has 5 nitrogen and oxygen atoms in total. The van der Waals surface area contributed by atoms with Crippen LogP contribution in [-0.4, -0.2) is 28.0 Å². The predicted molar refractivity (Wildman–Crippen MR) is 86.2 cm³/mol. The van der Waals surface area contributed by atoms with Gasteiger partial charge >= 0.3 is 0 Å². The van der Waals surface area contributed by atoms with E-state index in [-0.39, 0.29) is 5.91 Å². The maximum atomic E-state index is 12.1. The summed E-state index contributed by atoms with van der Waals surface area (Å²) in [7, 11) is 0. The maximum Gasteiger partial charge on any atom is 0.266 e. The fourth-order valence-corrected chi connectivity index (χ4v) is 3.25. The number of ether oxygens (including phenoxy) is 1. The summed E-state index contributed by atoms with van der Waals surface area (Å²) in [6.45, 7) is 5.73. The molecule has 0 saturated carbocycles. The highest BCUT2D eigenvalue weighted by molar-refractivity contribution is 8.01. The predicted octanol–water partition coefficient (Wildman–Crippen LogP) is 3.36. The summed E-state index contributed by atoms with van der Waals surface area (Å²) in [6.07, 6.45) is -0.599. The van der Waals surface area contributed by atoms with Crippen molar-refractivity contribution in [3.63, 3.8) is 0 Å². The summed E-state index contributed by atoms with van der Waals surface area (Å²) in [5.41, 5.74) is 1.09. The second-order valence-electron chi connectivity index (χ2n) is 4.37. The summed E-state index contributed by atoms with van der Waals surface area (Å²) in [6, 6.07) is 7.60. The lowest BCUT2D eigenvalue weighted by atomic mass is 10.2. The zero-order valence-corrected chi connectivity index (χ0v) is 13.8. The number of anilines is 1. The zero-order chi connectivity index (χ0) is 15.2. The fraction of sp³-hybridized carbons (Fsp3) is 0.357. The molecule has 0 radical (unpaired) electrons. The molecule has 0 aliphatic carbocycles. The van der Waals surface area contributed by atoms with Crippen LogP contribution in [0.15, 0.2) is 28.6 Å². The van der Waals surface area contributed by atoms with Gasteiger partial charge in [0.15, 0.2) is 10.4 Å². The highest BCUT2D eigenvalue weighted by atomic mass is 32.2. The van der Waals surface area contributed by atoms with Crippen LogP contribution in [0.5, 0.6) is 5.75 Å². The molecule has 21 heavy (non-hydrogen) atoms. The Hall–Kier alpha value is -1.60. The molecule has 1 N–H and O–H groups in total. The summed E-state index contributed by atoms with van der Waals surface area (Å²) in [5, 5.41) is 11.1. The van der Waals surface area contributed by atoms with E-state index in [0.717, 1.165) is 15.7 Å². The number of amides is 1. The van der Waals surface area contributed by atoms with Crippen molar-refractivity contribution in [2.45, 2.75) is 31.2 Å². The summed E-state index contributed by atoms with van der Waals surface area (Å²) < 4.78 is 6.47. The second-order valence-corrected chi connectivity index (χ2v) is 6.86. The van der Waals surface area contributed by atoms with E-state index in [9.17, 15) is 4.79 Å². The van der Waals surface area contributed by atoms with Crippen molar-refractivity contribution in [1.29, 1.82) is 0 Å². The Kier molecular flexibility index (Phi) is 5.58. The molecule has 1 unspecified atom stereocenters. The number of aryl methyl sites for hydroxylation is 1. The minimum absolute atomic E-state index is 0.235. The number of thioether (sulfide) groups is 1. The highest BCUT2D eigenvalue weighted by Crippen LogP contribution is 2.25. The molecule has 0 spiro atoms. The van der Waals surface area contributed by atoms with E-state index >= 15 is 0 Å². The Labute approximate surface area is 132 Å². The molecule has 112 valence electrons. The van der Waals surface area contributed by atoms with Crippen molar-refractivity contribution >= 4 is 34.1 Å². The molecule has 1 amide bonds. The van der Waals surface area contributed by atoms with Crippen LogP contribution in [0.3, 0.4) is 0 Å².